The molecule has 2 N–H and O–H groups in total. The highest BCUT2D eigenvalue weighted by Crippen LogP contribution is 2.41. The molecular weight excluding hydrogens is 936 g/mol. The highest BCUT2D eigenvalue weighted by atomic mass is 31.2. The largest absolute Gasteiger partial charge is 0.746 e. The molecule has 0 saturated carbocycles. The molecule has 28 heteroatoms. The number of phosphoric ester groups is 4. The number of nitrogens with one attached hydrogen (secondary N) is 2. The van der Waals surface area contributed by atoms with Gasteiger partial charge in [-0.2, -0.15) is 0 Å². The molecule has 4 aromatic carbocycles. The summed E-state index contributed by atoms with van der Waals surface area (Å²) in [6.07, 6.45) is 3.26. The zero-order valence-electron chi connectivity index (χ0n) is 33.0. The molecule has 0 heterocycles. The minimum Gasteiger partial charge on any atom is -0.746 e. The quantitative estimate of drug-likeness (QED) is 0.106. The van der Waals surface area contributed by atoms with E-state index in [4.69, 9.17) is 0 Å². The topological polar surface area (TPSA) is 361 Å². The molecule has 4 unspecified atom stereocenters. The zero-order valence-corrected chi connectivity index (χ0v) is 36.6. The van der Waals surface area contributed by atoms with Crippen molar-refractivity contribution in [1.82, 2.24) is 0 Å². The van der Waals surface area contributed by atoms with Crippen molar-refractivity contribution in [3.05, 3.63) is 129 Å². The van der Waals surface area contributed by atoms with Gasteiger partial charge in [-0.05, 0) is 71.8 Å². The number of hydrogen-bond acceptors (Lipinski definition) is 22. The van der Waals surface area contributed by atoms with Crippen molar-refractivity contribution in [2.24, 2.45) is 0 Å². The minimum atomic E-state index is -5.13. The first-order chi connectivity index (χ1) is 29.9. The van der Waals surface area contributed by atoms with Gasteiger partial charge in [0.1, 0.15) is 0 Å². The Morgan fingerprint density at radius 3 is 0.859 bits per heavy atom. The molecule has 4 rings (SSSR count). The van der Waals surface area contributed by atoms with Crippen molar-refractivity contribution in [3.63, 3.8) is 0 Å². The standard InChI is InChI=1S/C36H34N2O22P4/c1-53-61(45,46)57-33(41)25-15-26(34(42)58-62(47,48)54-2)18-29(17-25)37-31(39)23-11-7-21(8-12-23)5-6-22-9-13-24(14-10-22)32(40)38-30-19-27(35(43)59-63(49,50)55-3)16-28(20-30)36(44)60-64(51,52)56-4/h5-20H,1-4H3,(H,37,39)(H,38,40)(H,45,46)(H,47,48)(H,49,50)(H,51,52)/p-4/b6-5+. The second kappa shape index (κ2) is 21.1. The Bertz CT molecular complexity index is 2410. The van der Waals surface area contributed by atoms with Crippen LogP contribution in [0, 0.1) is 0 Å². The van der Waals surface area contributed by atoms with Crippen LogP contribution in [0.15, 0.2) is 84.9 Å². The Balaban J connectivity index is 1.48. The lowest BCUT2D eigenvalue weighted by Gasteiger charge is -2.21. The van der Waals surface area contributed by atoms with Crippen LogP contribution in [-0.4, -0.2) is 64.1 Å². The summed E-state index contributed by atoms with van der Waals surface area (Å²) in [6.45, 7) is 0. The van der Waals surface area contributed by atoms with Crippen molar-refractivity contribution in [3.8, 4) is 0 Å². The lowest BCUT2D eigenvalue weighted by Crippen LogP contribution is -2.17. The van der Waals surface area contributed by atoms with Gasteiger partial charge in [-0.15, -0.1) is 0 Å². The van der Waals surface area contributed by atoms with E-state index in [0.29, 0.717) is 39.6 Å². The number of hydrogen-bond donors (Lipinski definition) is 2. The summed E-state index contributed by atoms with van der Waals surface area (Å²) in [7, 11) is -17.6. The van der Waals surface area contributed by atoms with E-state index >= 15 is 0 Å². The van der Waals surface area contributed by atoms with Crippen molar-refractivity contribution in [1.29, 1.82) is 0 Å². The van der Waals surface area contributed by atoms with Crippen LogP contribution in [0.4, 0.5) is 11.4 Å². The molecule has 0 fully saturated rings. The molecule has 0 bridgehead atoms. The summed E-state index contributed by atoms with van der Waals surface area (Å²) >= 11 is 0. The van der Waals surface area contributed by atoms with Crippen LogP contribution in [0.3, 0.4) is 0 Å². The van der Waals surface area contributed by atoms with Crippen molar-refractivity contribution in [2.45, 2.75) is 0 Å². The van der Waals surface area contributed by atoms with Gasteiger partial charge in [0.05, 0.1) is 22.3 Å². The Morgan fingerprint density at radius 2 is 0.641 bits per heavy atom. The van der Waals surface area contributed by atoms with Crippen molar-refractivity contribution >= 4 is 90.5 Å². The number of benzene rings is 4. The average molecular weight is 967 g/mol. The fourth-order valence-corrected chi connectivity index (χ4v) is 6.26. The number of amides is 2. The first-order valence-corrected chi connectivity index (χ1v) is 23.0. The lowest BCUT2D eigenvalue weighted by molar-refractivity contribution is -0.218. The maximum absolute atomic E-state index is 13.1. The van der Waals surface area contributed by atoms with E-state index < -0.39 is 89.2 Å². The third-order valence-electron chi connectivity index (χ3n) is 7.81. The Morgan fingerprint density at radius 1 is 0.406 bits per heavy atom. The SMILES string of the molecule is COP(=O)([O-])OC(=O)c1cc(NC(=O)c2ccc(/C=C/c3ccc(C(=O)Nc4cc(C(=O)OP(=O)([O-])OC)cc(C(=O)OP(=O)([O-])OC)c4)cc3)cc2)cc(C(=O)OP(=O)([O-])OC)c1. The van der Waals surface area contributed by atoms with E-state index in [2.05, 4.69) is 46.8 Å². The third kappa shape index (κ3) is 14.8. The van der Waals surface area contributed by atoms with Crippen LogP contribution in [0.5, 0.6) is 0 Å². The molecule has 0 saturated heterocycles. The molecule has 0 aliphatic rings. The first kappa shape index (κ1) is 50.7. The van der Waals surface area contributed by atoms with Gasteiger partial charge in [0, 0.05) is 50.9 Å². The maximum atomic E-state index is 13.1. The number of anilines is 2. The molecule has 0 aliphatic heterocycles. The van der Waals surface area contributed by atoms with Crippen LogP contribution in [0.25, 0.3) is 12.2 Å². The lowest BCUT2D eigenvalue weighted by atomic mass is 10.1. The van der Waals surface area contributed by atoms with Gasteiger partial charge >= 0.3 is 55.2 Å². The fraction of sp³-hybridized carbons (Fsp3) is 0.111. The minimum absolute atomic E-state index is 0.0451. The van der Waals surface area contributed by atoms with E-state index in [-0.39, 0.29) is 22.5 Å². The van der Waals surface area contributed by atoms with E-state index in [1.54, 1.807) is 12.2 Å². The monoisotopic (exact) mass is 966 g/mol. The molecule has 0 radical (unpaired) electrons. The Hall–Kier alpha value is -5.96. The van der Waals surface area contributed by atoms with E-state index in [0.717, 1.165) is 36.4 Å². The highest BCUT2D eigenvalue weighted by Gasteiger charge is 2.24. The molecule has 64 heavy (non-hydrogen) atoms. The number of carbonyl (C=O) groups excluding carboxylic acids is 6. The molecule has 340 valence electrons. The number of carbonyl (C=O) groups is 6. The van der Waals surface area contributed by atoms with Crippen LogP contribution < -0.4 is 30.2 Å². The summed E-state index contributed by atoms with van der Waals surface area (Å²) in [6, 6.07) is 16.9. The third-order valence-corrected chi connectivity index (χ3v) is 11.2. The van der Waals surface area contributed by atoms with Crippen LogP contribution in [-0.2, 0) is 54.5 Å². The van der Waals surface area contributed by atoms with Gasteiger partial charge in [0.15, 0.2) is 0 Å². The van der Waals surface area contributed by atoms with Crippen LogP contribution in [0.2, 0.25) is 0 Å². The summed E-state index contributed by atoms with van der Waals surface area (Å²) in [5.41, 5.74) is -1.86. The van der Waals surface area contributed by atoms with Gasteiger partial charge in [-0.25, -0.2) is 19.2 Å². The molecule has 0 spiro atoms. The van der Waals surface area contributed by atoms with E-state index in [9.17, 15) is 66.6 Å². The maximum Gasteiger partial charge on any atom is 0.344 e. The summed E-state index contributed by atoms with van der Waals surface area (Å²) in [5, 5.41) is 4.78. The van der Waals surface area contributed by atoms with Gasteiger partial charge in [-0.1, -0.05) is 36.4 Å². The van der Waals surface area contributed by atoms with Crippen molar-refractivity contribution in [2.75, 3.05) is 39.1 Å². The first-order valence-electron chi connectivity index (χ1n) is 17.1. The summed E-state index contributed by atoms with van der Waals surface area (Å²) in [4.78, 5) is 123. The highest BCUT2D eigenvalue weighted by molar-refractivity contribution is 7.47. The molecule has 0 aliphatic carbocycles. The van der Waals surface area contributed by atoms with Gasteiger partial charge < -0.3 is 66.4 Å². The Kier molecular flexibility index (Phi) is 16.7. The van der Waals surface area contributed by atoms with Crippen LogP contribution in [0.1, 0.15) is 73.3 Å². The Labute approximate surface area is 361 Å². The zero-order chi connectivity index (χ0) is 47.6. The average Bonchev–Trinajstić information content (AvgIpc) is 3.25. The number of phosphoric acid groups is 4. The predicted octanol–water partition coefficient (Wildman–Crippen LogP) is 3.45. The van der Waals surface area contributed by atoms with Gasteiger partial charge in [0.2, 0.25) is 0 Å². The van der Waals surface area contributed by atoms with Gasteiger partial charge in [-0.3, -0.25) is 27.8 Å². The van der Waals surface area contributed by atoms with Crippen LogP contribution >= 0.6 is 31.3 Å². The number of rotatable bonds is 18. The summed E-state index contributed by atoms with van der Waals surface area (Å²) < 4.78 is 80.2. The molecule has 0 aromatic heterocycles. The molecule has 4 aromatic rings. The smallest absolute Gasteiger partial charge is 0.344 e. The van der Waals surface area contributed by atoms with Crippen molar-refractivity contribution < 1.29 is 103 Å². The summed E-state index contributed by atoms with van der Waals surface area (Å²) in [5.74, 6) is -7.80. The second-order valence-corrected chi connectivity index (χ2v) is 17.9. The molecular formula is C36H30N2O22P4-4. The van der Waals surface area contributed by atoms with E-state index in [1.165, 1.54) is 48.5 Å². The normalized spacial score (nSPS) is 14.9. The second-order valence-electron chi connectivity index (χ2n) is 12.1. The molecule has 2 amide bonds. The van der Waals surface area contributed by atoms with E-state index in [1.807, 2.05) is 0 Å². The predicted molar refractivity (Wildman–Crippen MR) is 211 cm³/mol. The molecule has 24 nitrogen and oxygen atoms in total. The van der Waals surface area contributed by atoms with Gasteiger partial charge in [0.25, 0.3) is 11.8 Å². The molecule has 4 atom stereocenters. The fourth-order valence-electron chi connectivity index (χ4n) is 4.73.